The second-order valence-corrected chi connectivity index (χ2v) is 5.72. The summed E-state index contributed by atoms with van der Waals surface area (Å²) in [5, 5.41) is 28.0. The van der Waals surface area contributed by atoms with Crippen molar-refractivity contribution in [2.75, 3.05) is 12.0 Å². The molecule has 3 aromatic carbocycles. The molecule has 0 heterocycles. The van der Waals surface area contributed by atoms with Crippen LogP contribution in [-0.4, -0.2) is 22.7 Å². The van der Waals surface area contributed by atoms with Crippen LogP contribution in [-0.2, 0) is 0 Å². The van der Waals surface area contributed by atoms with Crippen LogP contribution in [0.15, 0.2) is 59.7 Å². The van der Waals surface area contributed by atoms with Gasteiger partial charge in [0.25, 0.3) is 5.69 Å². The van der Waals surface area contributed by atoms with Gasteiger partial charge in [0.1, 0.15) is 11.4 Å². The highest BCUT2D eigenvalue weighted by atomic mass is 16.6. The minimum absolute atomic E-state index is 0.0463. The van der Waals surface area contributed by atoms with Gasteiger partial charge in [-0.3, -0.25) is 25.7 Å². The molecule has 0 spiro atoms. The highest BCUT2D eigenvalue weighted by molar-refractivity contribution is 6.02. The van der Waals surface area contributed by atoms with Crippen LogP contribution in [0, 0.1) is 20.2 Å². The predicted molar refractivity (Wildman–Crippen MR) is 106 cm³/mol. The van der Waals surface area contributed by atoms with Crippen molar-refractivity contribution >= 4 is 34.0 Å². The molecule has 9 heteroatoms. The Morgan fingerprint density at radius 3 is 2.57 bits per heavy atom. The number of hydrogen-bond acceptors (Lipinski definition) is 7. The normalized spacial score (nSPS) is 10.9. The summed E-state index contributed by atoms with van der Waals surface area (Å²) < 4.78 is 5.65. The minimum atomic E-state index is -0.700. The number of hydrazone groups is 1. The lowest BCUT2D eigenvalue weighted by molar-refractivity contribution is -0.393. The first kappa shape index (κ1) is 18.8. The van der Waals surface area contributed by atoms with Crippen LogP contribution < -0.4 is 10.2 Å². The Kier molecular flexibility index (Phi) is 5.45. The largest absolute Gasteiger partial charge is 0.493 e. The SMILES string of the molecule is CCOc1ccc2ccccc2c1/C=N\Nc1ccc([N+](=O)[O-])cc1[N+](=O)[O-]. The average molecular weight is 380 g/mol. The van der Waals surface area contributed by atoms with Crippen molar-refractivity contribution in [2.24, 2.45) is 5.10 Å². The van der Waals surface area contributed by atoms with Crippen molar-refractivity contribution in [1.82, 2.24) is 0 Å². The van der Waals surface area contributed by atoms with E-state index in [9.17, 15) is 20.2 Å². The summed E-state index contributed by atoms with van der Waals surface area (Å²) in [7, 11) is 0. The molecule has 9 nitrogen and oxygen atoms in total. The van der Waals surface area contributed by atoms with Gasteiger partial charge in [0.15, 0.2) is 0 Å². The Morgan fingerprint density at radius 1 is 1.07 bits per heavy atom. The molecule has 0 aliphatic heterocycles. The van der Waals surface area contributed by atoms with Gasteiger partial charge in [0, 0.05) is 11.6 Å². The van der Waals surface area contributed by atoms with E-state index < -0.39 is 15.5 Å². The molecule has 0 aromatic heterocycles. The average Bonchev–Trinajstić information content (AvgIpc) is 2.69. The number of anilines is 1. The molecule has 3 rings (SSSR count). The fraction of sp³-hybridized carbons (Fsp3) is 0.105. The lowest BCUT2D eigenvalue weighted by Crippen LogP contribution is -2.00. The van der Waals surface area contributed by atoms with Crippen LogP contribution >= 0.6 is 0 Å². The van der Waals surface area contributed by atoms with Gasteiger partial charge < -0.3 is 4.74 Å². The summed E-state index contributed by atoms with van der Waals surface area (Å²) in [6, 6.07) is 14.8. The number of nitro groups is 2. The van der Waals surface area contributed by atoms with Gasteiger partial charge in [-0.2, -0.15) is 5.10 Å². The molecule has 0 saturated heterocycles. The van der Waals surface area contributed by atoms with Crippen LogP contribution in [0.1, 0.15) is 12.5 Å². The summed E-state index contributed by atoms with van der Waals surface area (Å²) in [6.07, 6.45) is 1.51. The fourth-order valence-corrected chi connectivity index (χ4v) is 2.74. The number of ether oxygens (including phenoxy) is 1. The maximum Gasteiger partial charge on any atom is 0.301 e. The standard InChI is InChI=1S/C19H16N4O5/c1-2-28-19-10-7-13-5-3-4-6-15(13)16(19)12-20-21-17-9-8-14(22(24)25)11-18(17)23(26)27/h3-12,21H,2H2,1H3/b20-12-. The number of rotatable bonds is 7. The summed E-state index contributed by atoms with van der Waals surface area (Å²) in [6.45, 7) is 2.34. The van der Waals surface area contributed by atoms with Crippen LogP contribution in [0.4, 0.5) is 17.1 Å². The van der Waals surface area contributed by atoms with Crippen LogP contribution in [0.5, 0.6) is 5.75 Å². The Morgan fingerprint density at radius 2 is 1.86 bits per heavy atom. The molecule has 0 amide bonds. The number of nitrogens with zero attached hydrogens (tertiary/aromatic N) is 3. The van der Waals surface area contributed by atoms with E-state index in [4.69, 9.17) is 4.74 Å². The quantitative estimate of drug-likeness (QED) is 0.366. The second-order valence-electron chi connectivity index (χ2n) is 5.72. The van der Waals surface area contributed by atoms with Gasteiger partial charge in [0.05, 0.1) is 28.7 Å². The second kappa shape index (κ2) is 8.12. The molecule has 142 valence electrons. The zero-order valence-corrected chi connectivity index (χ0v) is 14.9. The number of nitrogens with one attached hydrogen (secondary N) is 1. The third-order valence-electron chi connectivity index (χ3n) is 4.00. The van der Waals surface area contributed by atoms with Gasteiger partial charge in [-0.05, 0) is 29.8 Å². The van der Waals surface area contributed by atoms with Crippen molar-refractivity contribution in [3.05, 3.63) is 80.4 Å². The van der Waals surface area contributed by atoms with Gasteiger partial charge >= 0.3 is 5.69 Å². The number of benzene rings is 3. The monoisotopic (exact) mass is 380 g/mol. The van der Waals surface area contributed by atoms with E-state index in [-0.39, 0.29) is 11.4 Å². The van der Waals surface area contributed by atoms with E-state index in [0.717, 1.165) is 22.4 Å². The van der Waals surface area contributed by atoms with Crippen LogP contribution in [0.3, 0.4) is 0 Å². The van der Waals surface area contributed by atoms with Crippen molar-refractivity contribution < 1.29 is 14.6 Å². The smallest absolute Gasteiger partial charge is 0.301 e. The lowest BCUT2D eigenvalue weighted by Gasteiger charge is -2.10. The zero-order valence-electron chi connectivity index (χ0n) is 14.9. The Hall–Kier alpha value is -4.01. The third-order valence-corrected chi connectivity index (χ3v) is 4.00. The van der Waals surface area contributed by atoms with Gasteiger partial charge in [-0.25, -0.2) is 0 Å². The summed E-state index contributed by atoms with van der Waals surface area (Å²) in [4.78, 5) is 20.7. The predicted octanol–water partition coefficient (Wildman–Crippen LogP) is 4.50. The first-order valence-electron chi connectivity index (χ1n) is 8.37. The first-order chi connectivity index (χ1) is 13.5. The molecular formula is C19H16N4O5. The highest BCUT2D eigenvalue weighted by Crippen LogP contribution is 2.30. The van der Waals surface area contributed by atoms with Gasteiger partial charge in [-0.15, -0.1) is 0 Å². The maximum atomic E-state index is 11.2. The summed E-state index contributed by atoms with van der Waals surface area (Å²) in [5.41, 5.74) is 2.56. The molecule has 0 aliphatic rings. The molecule has 0 aliphatic carbocycles. The van der Waals surface area contributed by atoms with Gasteiger partial charge in [0.2, 0.25) is 0 Å². The third kappa shape index (κ3) is 3.88. The summed E-state index contributed by atoms with van der Waals surface area (Å²) >= 11 is 0. The molecular weight excluding hydrogens is 364 g/mol. The van der Waals surface area contributed by atoms with E-state index >= 15 is 0 Å². The number of nitro benzene ring substituents is 2. The number of fused-ring (bicyclic) bond motifs is 1. The van der Waals surface area contributed by atoms with Crippen LogP contribution in [0.25, 0.3) is 10.8 Å². The van der Waals surface area contributed by atoms with Crippen molar-refractivity contribution in [2.45, 2.75) is 6.92 Å². The zero-order chi connectivity index (χ0) is 20.1. The molecule has 0 saturated carbocycles. The van der Waals surface area contributed by atoms with Crippen LogP contribution in [0.2, 0.25) is 0 Å². The Labute approximate surface area is 159 Å². The minimum Gasteiger partial charge on any atom is -0.493 e. The fourth-order valence-electron chi connectivity index (χ4n) is 2.74. The maximum absolute atomic E-state index is 11.2. The molecule has 0 fully saturated rings. The van der Waals surface area contributed by atoms with E-state index in [2.05, 4.69) is 10.5 Å². The van der Waals surface area contributed by atoms with E-state index in [1.165, 1.54) is 18.3 Å². The molecule has 0 bridgehead atoms. The number of non-ortho nitro benzene ring substituents is 1. The van der Waals surface area contributed by atoms with Crippen molar-refractivity contribution in [3.8, 4) is 5.75 Å². The highest BCUT2D eigenvalue weighted by Gasteiger charge is 2.19. The molecule has 0 atom stereocenters. The van der Waals surface area contributed by atoms with Crippen molar-refractivity contribution in [1.29, 1.82) is 0 Å². The Bertz CT molecular complexity index is 1080. The first-order valence-corrected chi connectivity index (χ1v) is 8.37. The van der Waals surface area contributed by atoms with Gasteiger partial charge in [-0.1, -0.05) is 30.3 Å². The van der Waals surface area contributed by atoms with E-state index in [1.807, 2.05) is 43.3 Å². The molecule has 0 radical (unpaired) electrons. The lowest BCUT2D eigenvalue weighted by atomic mass is 10.0. The molecule has 3 aromatic rings. The molecule has 0 unspecified atom stereocenters. The van der Waals surface area contributed by atoms with E-state index in [1.54, 1.807) is 0 Å². The molecule has 1 N–H and O–H groups in total. The summed E-state index contributed by atoms with van der Waals surface area (Å²) in [5.74, 6) is 0.630. The molecule has 28 heavy (non-hydrogen) atoms. The van der Waals surface area contributed by atoms with Crippen molar-refractivity contribution in [3.63, 3.8) is 0 Å². The topological polar surface area (TPSA) is 120 Å². The Balaban J connectivity index is 1.96. The number of hydrogen-bond donors (Lipinski definition) is 1. The van der Waals surface area contributed by atoms with E-state index in [0.29, 0.717) is 12.4 Å².